The fourth-order valence-corrected chi connectivity index (χ4v) is 7.07. The number of aromatic nitrogens is 8. The lowest BCUT2D eigenvalue weighted by Gasteiger charge is -2.24. The molecule has 9 atom stereocenters. The fraction of sp³-hybridized carbons (Fsp3) is 0.500. The van der Waals surface area contributed by atoms with E-state index in [2.05, 4.69) is 29.9 Å². The molecule has 3 fully saturated rings. The lowest BCUT2D eigenvalue weighted by atomic mass is 10.1. The Morgan fingerprint density at radius 1 is 0.977 bits per heavy atom. The molecule has 0 aromatic carbocycles. The molecule has 4 aromatic heterocycles. The number of nitrogens with zero attached hydrogens (tertiary/aromatic N) is 7. The van der Waals surface area contributed by atoms with Crippen LogP contribution < -0.4 is 16.0 Å². The first-order chi connectivity index (χ1) is 20.9. The molecule has 4 aromatic rings. The summed E-state index contributed by atoms with van der Waals surface area (Å²) in [6.07, 6.45) is -10.3. The second kappa shape index (κ2) is 10.5. The number of rotatable bonds is 2. The summed E-state index contributed by atoms with van der Waals surface area (Å²) in [4.78, 5) is 44.6. The normalized spacial score (nSPS) is 36.1. The number of hydrogen-bond donors (Lipinski definition) is 4. The van der Waals surface area contributed by atoms with Gasteiger partial charge in [-0.2, -0.15) is 13.1 Å². The Balaban J connectivity index is 1.21. The van der Waals surface area contributed by atoms with Gasteiger partial charge in [0.1, 0.15) is 30.2 Å². The molecule has 3 saturated heterocycles. The number of nitrogens with two attached hydrogens (primary N) is 1. The van der Waals surface area contributed by atoms with Gasteiger partial charge in [-0.05, 0) is 0 Å². The summed E-state index contributed by atoms with van der Waals surface area (Å²) in [5.41, 5.74) is 5.08. The van der Waals surface area contributed by atoms with Crippen molar-refractivity contribution in [2.45, 2.75) is 49.2 Å². The Kier molecular flexibility index (Phi) is 6.98. The summed E-state index contributed by atoms with van der Waals surface area (Å²) in [5.74, 6) is -0.00766. The van der Waals surface area contributed by atoms with E-state index < -0.39 is 86.1 Å². The van der Waals surface area contributed by atoms with E-state index in [0.717, 1.165) is 34.4 Å². The number of ether oxygens (including phenoxy) is 2. The van der Waals surface area contributed by atoms with Gasteiger partial charge in [0.25, 0.3) is 5.56 Å². The van der Waals surface area contributed by atoms with Crippen LogP contribution in [0.2, 0.25) is 0 Å². The molecule has 9 unspecified atom stereocenters. The van der Waals surface area contributed by atoms with Crippen molar-refractivity contribution in [3.63, 3.8) is 0 Å². The first-order valence-electron chi connectivity index (χ1n) is 12.7. The molecule has 7 heterocycles. The number of nitrogens with one attached hydrogen (secondary N) is 2. The number of aromatic amines is 1. The largest absolute Gasteiger partial charge is 0.472 e. The summed E-state index contributed by atoms with van der Waals surface area (Å²) in [7, 11) is -10.0. The van der Waals surface area contributed by atoms with Gasteiger partial charge in [0.05, 0.1) is 25.6 Å². The van der Waals surface area contributed by atoms with E-state index in [1.165, 1.54) is 0 Å². The van der Waals surface area contributed by atoms with Crippen molar-refractivity contribution in [1.82, 2.24) is 43.8 Å². The van der Waals surface area contributed by atoms with Crippen molar-refractivity contribution in [2.24, 2.45) is 0 Å². The molecule has 0 saturated carbocycles. The summed E-state index contributed by atoms with van der Waals surface area (Å²) in [6, 6.07) is 0. The molecule has 3 aliphatic rings. The van der Waals surface area contributed by atoms with E-state index in [1.54, 1.807) is 0 Å². The topological polar surface area (TPSA) is 263 Å². The summed E-state index contributed by atoms with van der Waals surface area (Å²) < 4.78 is 101. The second-order valence-corrected chi connectivity index (χ2v) is 12.7. The standard InChI is InChI=1S/C20H21F2N10O10PS/c21-9-8-2-38-43(34,35)41-13-7(39-19(10(13)22)31-5-28-11-15(23)24-3-25-16(11)31)1-30-44(36,37)42-14(9)20(40-8)32-6-29-12-17(32)26-4-27-18(12)33/h3-10,13-14,19-20,30H,1-2H2,(H,34,35)(H2,23,24,25)(H,26,27,33). The number of nitrogen functional groups attached to an aromatic ring is 1. The van der Waals surface area contributed by atoms with Crippen molar-refractivity contribution in [3.05, 3.63) is 35.7 Å². The summed E-state index contributed by atoms with van der Waals surface area (Å²) >= 11 is 0. The lowest BCUT2D eigenvalue weighted by Crippen LogP contribution is -2.43. The van der Waals surface area contributed by atoms with E-state index in [9.17, 15) is 22.7 Å². The van der Waals surface area contributed by atoms with Gasteiger partial charge in [-0.3, -0.25) is 23.0 Å². The van der Waals surface area contributed by atoms with Gasteiger partial charge in [-0.25, -0.2) is 42.4 Å². The third-order valence-corrected chi connectivity index (χ3v) is 9.17. The van der Waals surface area contributed by atoms with Gasteiger partial charge in [-0.1, -0.05) is 0 Å². The molecular formula is C20H21F2N10O10PS. The highest BCUT2D eigenvalue weighted by Gasteiger charge is 2.54. The quantitative estimate of drug-likeness (QED) is 0.183. The Morgan fingerprint density at radius 3 is 2.48 bits per heavy atom. The minimum atomic E-state index is -5.17. The van der Waals surface area contributed by atoms with E-state index in [0.29, 0.717) is 0 Å². The zero-order valence-electron chi connectivity index (χ0n) is 21.8. The molecule has 2 bridgehead atoms. The monoisotopic (exact) mass is 662 g/mol. The van der Waals surface area contributed by atoms with E-state index in [1.807, 2.05) is 4.72 Å². The third kappa shape index (κ3) is 4.95. The Bertz CT molecular complexity index is 1960. The molecule has 5 N–H and O–H groups in total. The van der Waals surface area contributed by atoms with E-state index in [-0.39, 0.29) is 28.1 Å². The van der Waals surface area contributed by atoms with Crippen LogP contribution in [0.1, 0.15) is 12.5 Å². The molecule has 24 heteroatoms. The van der Waals surface area contributed by atoms with Crippen LogP contribution in [0.5, 0.6) is 0 Å². The number of fused-ring (bicyclic) bond motifs is 5. The second-order valence-electron chi connectivity index (χ2n) is 9.86. The number of H-pyrrole nitrogens is 1. The number of imidazole rings is 2. The Morgan fingerprint density at radius 2 is 1.68 bits per heavy atom. The highest BCUT2D eigenvalue weighted by molar-refractivity contribution is 7.84. The van der Waals surface area contributed by atoms with Gasteiger partial charge < -0.3 is 25.1 Å². The fourth-order valence-electron chi connectivity index (χ4n) is 5.19. The molecule has 0 amide bonds. The SMILES string of the molecule is Nc1ncnc2c1ncn2C1OC2CNS(=O)(=O)OC3C(F)C(COP(=O)(O)OC2C1F)OC3n1cnc2c(=O)[nH]cnc21. The van der Waals surface area contributed by atoms with Crippen LogP contribution in [-0.2, 0) is 37.6 Å². The zero-order chi connectivity index (χ0) is 31.0. The van der Waals surface area contributed by atoms with Gasteiger partial charge in [0, 0.05) is 6.54 Å². The number of phosphoric ester groups is 1. The summed E-state index contributed by atoms with van der Waals surface area (Å²) in [6.45, 7) is -1.72. The summed E-state index contributed by atoms with van der Waals surface area (Å²) in [5, 5.41) is 0. The molecule has 236 valence electrons. The van der Waals surface area contributed by atoms with Crippen molar-refractivity contribution < 1.29 is 49.4 Å². The molecule has 0 radical (unpaired) electrons. The minimum absolute atomic E-state index is 0.00766. The highest BCUT2D eigenvalue weighted by Crippen LogP contribution is 2.50. The predicted octanol–water partition coefficient (Wildman–Crippen LogP) is -1.25. The number of hydrogen-bond acceptors (Lipinski definition) is 15. The van der Waals surface area contributed by atoms with Crippen molar-refractivity contribution in [2.75, 3.05) is 18.9 Å². The highest BCUT2D eigenvalue weighted by atomic mass is 32.2. The van der Waals surface area contributed by atoms with Gasteiger partial charge in [0.15, 0.2) is 53.5 Å². The molecular weight excluding hydrogens is 641 g/mol. The third-order valence-electron chi connectivity index (χ3n) is 7.19. The van der Waals surface area contributed by atoms with Crippen LogP contribution in [0, 0.1) is 0 Å². The maximum atomic E-state index is 15.8. The minimum Gasteiger partial charge on any atom is -0.382 e. The molecule has 0 spiro atoms. The van der Waals surface area contributed by atoms with Crippen molar-refractivity contribution in [3.8, 4) is 0 Å². The first kappa shape index (κ1) is 29.2. The number of alkyl halides is 2. The Hall–Kier alpha value is -3.54. The molecule has 7 rings (SSSR count). The van der Waals surface area contributed by atoms with Crippen molar-refractivity contribution >= 4 is 46.3 Å². The van der Waals surface area contributed by atoms with Crippen LogP contribution in [0.3, 0.4) is 0 Å². The van der Waals surface area contributed by atoms with Crippen LogP contribution in [-0.4, -0.2) is 102 Å². The average Bonchev–Trinajstić information content (AvgIpc) is 3.73. The maximum absolute atomic E-state index is 15.8. The lowest BCUT2D eigenvalue weighted by molar-refractivity contribution is -0.0507. The maximum Gasteiger partial charge on any atom is 0.472 e. The van der Waals surface area contributed by atoms with Crippen LogP contribution in [0.4, 0.5) is 14.6 Å². The average molecular weight is 662 g/mol. The van der Waals surface area contributed by atoms with Crippen LogP contribution in [0.15, 0.2) is 30.1 Å². The number of halogens is 2. The number of anilines is 1. The Labute approximate surface area is 243 Å². The number of phosphoric acid groups is 1. The molecule has 20 nitrogen and oxygen atoms in total. The smallest absolute Gasteiger partial charge is 0.382 e. The van der Waals surface area contributed by atoms with Crippen LogP contribution in [0.25, 0.3) is 22.3 Å². The van der Waals surface area contributed by atoms with E-state index >= 15 is 8.78 Å². The van der Waals surface area contributed by atoms with E-state index in [4.69, 9.17) is 28.4 Å². The first-order valence-corrected chi connectivity index (χ1v) is 15.6. The van der Waals surface area contributed by atoms with Crippen molar-refractivity contribution in [1.29, 1.82) is 0 Å². The molecule has 0 aliphatic carbocycles. The van der Waals surface area contributed by atoms with Gasteiger partial charge >= 0.3 is 18.1 Å². The van der Waals surface area contributed by atoms with Crippen LogP contribution >= 0.6 is 7.82 Å². The molecule has 3 aliphatic heterocycles. The zero-order valence-corrected chi connectivity index (χ0v) is 23.5. The predicted molar refractivity (Wildman–Crippen MR) is 138 cm³/mol. The van der Waals surface area contributed by atoms with Gasteiger partial charge in [0.2, 0.25) is 0 Å². The van der Waals surface area contributed by atoms with Gasteiger partial charge in [-0.15, -0.1) is 0 Å². The molecule has 44 heavy (non-hydrogen) atoms.